The van der Waals surface area contributed by atoms with E-state index in [0.717, 1.165) is 11.3 Å². The molecule has 1 aromatic carbocycles. The molecule has 6 nitrogen and oxygen atoms in total. The minimum absolute atomic E-state index is 0.0592. The minimum Gasteiger partial charge on any atom is -0.497 e. The maximum Gasteiger partial charge on any atom is 0.271 e. The monoisotopic (exact) mass is 324 g/mol. The number of hydrogen-bond donors (Lipinski definition) is 1. The molecule has 0 saturated carbocycles. The number of methoxy groups -OCH3 is 2. The quantitative estimate of drug-likeness (QED) is 0.912. The van der Waals surface area contributed by atoms with E-state index in [1.54, 1.807) is 12.1 Å². The second kappa shape index (κ2) is 6.03. The molecule has 0 spiro atoms. The van der Waals surface area contributed by atoms with Gasteiger partial charge in [0.25, 0.3) is 10.0 Å². The molecule has 110 valence electrons. The van der Waals surface area contributed by atoms with Gasteiger partial charge in [-0.15, -0.1) is 11.3 Å². The molecule has 0 atom stereocenters. The fourth-order valence-corrected chi connectivity index (χ4v) is 3.78. The lowest BCUT2D eigenvalue weighted by Crippen LogP contribution is -2.12. The van der Waals surface area contributed by atoms with Crippen LogP contribution >= 0.6 is 11.3 Å². The van der Waals surface area contributed by atoms with Crippen molar-refractivity contribution in [1.82, 2.24) is 0 Å². The zero-order valence-electron chi connectivity index (χ0n) is 11.3. The van der Waals surface area contributed by atoms with Gasteiger partial charge in [0.2, 0.25) is 0 Å². The first-order valence-electron chi connectivity index (χ1n) is 5.75. The van der Waals surface area contributed by atoms with E-state index in [9.17, 15) is 8.42 Å². The number of nitrogens with one attached hydrogen (secondary N) is 1. The van der Waals surface area contributed by atoms with Gasteiger partial charge in [0.1, 0.15) is 26.7 Å². The highest BCUT2D eigenvalue weighted by Crippen LogP contribution is 2.32. The number of nitrogens with zero attached hydrogens (tertiary/aromatic N) is 1. The molecule has 8 heteroatoms. The Morgan fingerprint density at radius 2 is 1.95 bits per heavy atom. The molecule has 0 aliphatic heterocycles. The number of ether oxygens (including phenoxy) is 2. The molecule has 0 bridgehead atoms. The summed E-state index contributed by atoms with van der Waals surface area (Å²) in [6, 6.07) is 9.54. The predicted octanol–water partition coefficient (Wildman–Crippen LogP) is 2.44. The number of nitriles is 1. The molecule has 21 heavy (non-hydrogen) atoms. The maximum absolute atomic E-state index is 12.3. The van der Waals surface area contributed by atoms with Gasteiger partial charge in [0.15, 0.2) is 0 Å². The Hall–Kier alpha value is -2.24. The van der Waals surface area contributed by atoms with Gasteiger partial charge in [-0.05, 0) is 24.3 Å². The number of hydrogen-bond acceptors (Lipinski definition) is 6. The summed E-state index contributed by atoms with van der Waals surface area (Å²) in [5, 5.41) is 8.77. The number of sulfonamides is 1. The minimum atomic E-state index is -3.78. The molecule has 0 aliphatic rings. The Morgan fingerprint density at radius 3 is 2.52 bits per heavy atom. The van der Waals surface area contributed by atoms with E-state index >= 15 is 0 Å². The summed E-state index contributed by atoms with van der Waals surface area (Å²) >= 11 is 0.899. The maximum atomic E-state index is 12.3. The number of thiophene rings is 1. The van der Waals surface area contributed by atoms with Crippen molar-refractivity contribution in [3.63, 3.8) is 0 Å². The van der Waals surface area contributed by atoms with Gasteiger partial charge in [0.05, 0.1) is 19.9 Å². The normalized spacial score (nSPS) is 10.7. The highest BCUT2D eigenvalue weighted by Gasteiger charge is 2.19. The molecule has 0 radical (unpaired) electrons. The molecule has 0 fully saturated rings. The highest BCUT2D eigenvalue weighted by atomic mass is 32.2. The van der Waals surface area contributed by atoms with Crippen molar-refractivity contribution >= 4 is 27.0 Å². The summed E-state index contributed by atoms with van der Waals surface area (Å²) in [6.07, 6.45) is 0. The summed E-state index contributed by atoms with van der Waals surface area (Å²) < 4.78 is 37.3. The number of benzene rings is 1. The van der Waals surface area contributed by atoms with Crippen LogP contribution in [0.5, 0.6) is 11.5 Å². The lowest BCUT2D eigenvalue weighted by Gasteiger charge is -2.12. The fraction of sp³-hybridized carbons (Fsp3) is 0.154. The van der Waals surface area contributed by atoms with Gasteiger partial charge in [-0.2, -0.15) is 5.26 Å². The van der Waals surface area contributed by atoms with Crippen LogP contribution in [0.15, 0.2) is 34.5 Å². The summed E-state index contributed by atoms with van der Waals surface area (Å²) in [6.45, 7) is 0. The van der Waals surface area contributed by atoms with Crippen LogP contribution in [0.1, 0.15) is 4.88 Å². The van der Waals surface area contributed by atoms with Gasteiger partial charge in [-0.25, -0.2) is 8.42 Å². The Labute approximate surface area is 126 Å². The molecule has 0 saturated heterocycles. The molecular formula is C13H12N2O4S2. The molecule has 2 rings (SSSR count). The van der Waals surface area contributed by atoms with Crippen LogP contribution in [-0.4, -0.2) is 22.6 Å². The first-order chi connectivity index (χ1) is 10.00. The van der Waals surface area contributed by atoms with Crippen molar-refractivity contribution in [2.45, 2.75) is 4.21 Å². The van der Waals surface area contributed by atoms with Crippen LogP contribution < -0.4 is 14.2 Å². The molecule has 0 aliphatic carbocycles. The van der Waals surface area contributed by atoms with Crippen molar-refractivity contribution < 1.29 is 17.9 Å². The zero-order chi connectivity index (χ0) is 15.5. The fourth-order valence-electron chi connectivity index (χ4n) is 1.61. The van der Waals surface area contributed by atoms with Gasteiger partial charge >= 0.3 is 0 Å². The van der Waals surface area contributed by atoms with Crippen LogP contribution in [-0.2, 0) is 10.0 Å². The van der Waals surface area contributed by atoms with Crippen LogP contribution in [0.4, 0.5) is 5.69 Å². The second-order valence-electron chi connectivity index (χ2n) is 3.90. The van der Waals surface area contributed by atoms with Crippen LogP contribution in [0, 0.1) is 11.3 Å². The topological polar surface area (TPSA) is 88.4 Å². The SMILES string of the molecule is COc1ccc(OC)c(NS(=O)(=O)c2ccc(C#N)s2)c1. The van der Waals surface area contributed by atoms with E-state index in [4.69, 9.17) is 14.7 Å². The van der Waals surface area contributed by atoms with E-state index in [-0.39, 0.29) is 9.90 Å². The summed E-state index contributed by atoms with van der Waals surface area (Å²) in [4.78, 5) is 0.327. The van der Waals surface area contributed by atoms with Crippen LogP contribution in [0.25, 0.3) is 0 Å². The number of rotatable bonds is 5. The Morgan fingerprint density at radius 1 is 1.19 bits per heavy atom. The van der Waals surface area contributed by atoms with Crippen molar-refractivity contribution in [3.05, 3.63) is 35.2 Å². The molecule has 1 aromatic heterocycles. The lowest BCUT2D eigenvalue weighted by atomic mass is 10.3. The molecule has 1 N–H and O–H groups in total. The third-order valence-electron chi connectivity index (χ3n) is 2.61. The molecular weight excluding hydrogens is 312 g/mol. The Balaban J connectivity index is 2.38. The Bertz CT molecular complexity index is 791. The van der Waals surface area contributed by atoms with E-state index in [1.807, 2.05) is 6.07 Å². The van der Waals surface area contributed by atoms with Crippen LogP contribution in [0.3, 0.4) is 0 Å². The number of anilines is 1. The van der Waals surface area contributed by atoms with Crippen molar-refractivity contribution in [2.75, 3.05) is 18.9 Å². The highest BCUT2D eigenvalue weighted by molar-refractivity contribution is 7.94. The van der Waals surface area contributed by atoms with E-state index < -0.39 is 10.0 Å². The summed E-state index contributed by atoms with van der Waals surface area (Å²) in [5.74, 6) is 0.869. The average Bonchev–Trinajstić information content (AvgIpc) is 2.96. The average molecular weight is 324 g/mol. The lowest BCUT2D eigenvalue weighted by molar-refractivity contribution is 0.405. The van der Waals surface area contributed by atoms with E-state index in [0.29, 0.717) is 16.4 Å². The summed E-state index contributed by atoms with van der Waals surface area (Å²) in [7, 11) is -0.851. The standard InChI is InChI=1S/C13H12N2O4S2/c1-18-9-3-5-12(19-2)11(7-9)15-21(16,17)13-6-4-10(8-14)20-13/h3-7,15H,1-2H3. The van der Waals surface area contributed by atoms with Crippen molar-refractivity contribution in [2.24, 2.45) is 0 Å². The van der Waals surface area contributed by atoms with Gasteiger partial charge < -0.3 is 9.47 Å². The van der Waals surface area contributed by atoms with Crippen molar-refractivity contribution in [1.29, 1.82) is 5.26 Å². The van der Waals surface area contributed by atoms with Crippen LogP contribution in [0.2, 0.25) is 0 Å². The molecule has 0 amide bonds. The van der Waals surface area contributed by atoms with E-state index in [2.05, 4.69) is 4.72 Å². The summed E-state index contributed by atoms with van der Waals surface area (Å²) in [5.41, 5.74) is 0.267. The van der Waals surface area contributed by atoms with Gasteiger partial charge in [-0.1, -0.05) is 0 Å². The first kappa shape index (κ1) is 15.2. The first-order valence-corrected chi connectivity index (χ1v) is 8.05. The largest absolute Gasteiger partial charge is 0.497 e. The smallest absolute Gasteiger partial charge is 0.271 e. The Kier molecular flexibility index (Phi) is 4.35. The second-order valence-corrected chi connectivity index (χ2v) is 6.90. The third-order valence-corrected chi connectivity index (χ3v) is 5.45. The van der Waals surface area contributed by atoms with Crippen molar-refractivity contribution in [3.8, 4) is 17.6 Å². The molecule has 2 aromatic rings. The van der Waals surface area contributed by atoms with E-state index in [1.165, 1.54) is 32.4 Å². The molecule has 1 heterocycles. The third kappa shape index (κ3) is 3.26. The van der Waals surface area contributed by atoms with Gasteiger partial charge in [0, 0.05) is 6.07 Å². The predicted molar refractivity (Wildman–Crippen MR) is 79.4 cm³/mol. The molecule has 0 unspecified atom stereocenters. The zero-order valence-corrected chi connectivity index (χ0v) is 12.9. The van der Waals surface area contributed by atoms with Gasteiger partial charge in [-0.3, -0.25) is 4.72 Å².